The van der Waals surface area contributed by atoms with Crippen molar-refractivity contribution in [3.05, 3.63) is 35.9 Å². The molecule has 1 saturated carbocycles. The van der Waals surface area contributed by atoms with Gasteiger partial charge in [-0.2, -0.15) is 0 Å². The Labute approximate surface area is 134 Å². The maximum absolute atomic E-state index is 12.2. The second-order valence-electron chi connectivity index (χ2n) is 6.92. The predicted molar refractivity (Wildman–Crippen MR) is 89.7 cm³/mol. The van der Waals surface area contributed by atoms with E-state index in [1.807, 2.05) is 0 Å². The van der Waals surface area contributed by atoms with Gasteiger partial charge in [-0.15, -0.1) is 0 Å². The lowest BCUT2D eigenvalue weighted by Gasteiger charge is -2.32. The van der Waals surface area contributed by atoms with E-state index in [4.69, 9.17) is 0 Å². The van der Waals surface area contributed by atoms with Crippen LogP contribution in [0.4, 0.5) is 0 Å². The lowest BCUT2D eigenvalue weighted by Crippen LogP contribution is -2.43. The molecule has 1 N–H and O–H groups in total. The highest BCUT2D eigenvalue weighted by atomic mass is 16.1. The first-order valence-electron chi connectivity index (χ1n) is 8.85. The van der Waals surface area contributed by atoms with Crippen LogP contribution in [0.25, 0.3) is 0 Å². The van der Waals surface area contributed by atoms with Crippen LogP contribution in [0.2, 0.25) is 0 Å². The molecule has 1 aliphatic carbocycles. The summed E-state index contributed by atoms with van der Waals surface area (Å²) >= 11 is 0. The van der Waals surface area contributed by atoms with E-state index in [1.54, 1.807) is 0 Å². The van der Waals surface area contributed by atoms with Crippen LogP contribution in [-0.4, -0.2) is 37.0 Å². The van der Waals surface area contributed by atoms with Crippen molar-refractivity contribution in [3.63, 3.8) is 0 Å². The zero-order valence-corrected chi connectivity index (χ0v) is 13.5. The highest BCUT2D eigenvalue weighted by molar-refractivity contribution is 5.79. The van der Waals surface area contributed by atoms with Crippen LogP contribution in [-0.2, 0) is 11.2 Å². The van der Waals surface area contributed by atoms with Gasteiger partial charge >= 0.3 is 0 Å². The molecule has 1 aliphatic heterocycles. The number of nitrogens with zero attached hydrogens (tertiary/aromatic N) is 1. The molecule has 3 nitrogen and oxygen atoms in total. The number of likely N-dealkylation sites (tertiary alicyclic amines) is 1. The summed E-state index contributed by atoms with van der Waals surface area (Å²) in [5, 5.41) is 3.15. The fraction of sp³-hybridized carbons (Fsp3) is 0.632. The maximum Gasteiger partial charge on any atom is 0.224 e. The first-order chi connectivity index (χ1) is 10.8. The summed E-state index contributed by atoms with van der Waals surface area (Å²) in [4.78, 5) is 14.7. The Morgan fingerprint density at radius 3 is 2.77 bits per heavy atom. The van der Waals surface area contributed by atoms with Gasteiger partial charge in [0.2, 0.25) is 5.91 Å². The largest absolute Gasteiger partial charge is 0.356 e. The number of hydrogen-bond donors (Lipinski definition) is 1. The standard InChI is InChI=1S/C19H28N2O/c22-19(20-14-17-10-11-17)18-9-5-13-21(15-18)12-4-8-16-6-2-1-3-7-16/h1-3,6-7,17-18H,4-5,8-15H2,(H,20,22). The van der Waals surface area contributed by atoms with Crippen LogP contribution in [0, 0.1) is 11.8 Å². The third kappa shape index (κ3) is 4.84. The van der Waals surface area contributed by atoms with Gasteiger partial charge in [0.05, 0.1) is 5.92 Å². The summed E-state index contributed by atoms with van der Waals surface area (Å²) in [5.74, 6) is 1.28. The number of aryl methyl sites for hydroxylation is 1. The molecule has 1 heterocycles. The second-order valence-corrected chi connectivity index (χ2v) is 6.92. The zero-order valence-electron chi connectivity index (χ0n) is 13.5. The summed E-state index contributed by atoms with van der Waals surface area (Å²) in [6, 6.07) is 10.7. The normalized spacial score (nSPS) is 22.5. The van der Waals surface area contributed by atoms with Crippen LogP contribution in [0.1, 0.15) is 37.7 Å². The smallest absolute Gasteiger partial charge is 0.224 e. The predicted octanol–water partition coefficient (Wildman–Crippen LogP) is 2.86. The molecule has 0 aromatic heterocycles. The Kier molecular flexibility index (Phi) is 5.49. The molecule has 2 aliphatic rings. The van der Waals surface area contributed by atoms with E-state index in [-0.39, 0.29) is 5.92 Å². The Hall–Kier alpha value is -1.35. The van der Waals surface area contributed by atoms with Crippen LogP contribution in [0.5, 0.6) is 0 Å². The molecule has 1 saturated heterocycles. The molecule has 1 aromatic rings. The highest BCUT2D eigenvalue weighted by Crippen LogP contribution is 2.28. The van der Waals surface area contributed by atoms with Crippen molar-refractivity contribution in [2.75, 3.05) is 26.2 Å². The van der Waals surface area contributed by atoms with Crippen molar-refractivity contribution < 1.29 is 4.79 Å². The van der Waals surface area contributed by atoms with E-state index < -0.39 is 0 Å². The van der Waals surface area contributed by atoms with Gasteiger partial charge in [-0.3, -0.25) is 4.79 Å². The average molecular weight is 300 g/mol. The minimum absolute atomic E-state index is 0.212. The molecule has 0 radical (unpaired) electrons. The SMILES string of the molecule is O=C(NCC1CC1)C1CCCN(CCCc2ccccc2)C1. The average Bonchev–Trinajstić information content (AvgIpc) is 3.38. The van der Waals surface area contributed by atoms with Gasteiger partial charge in [-0.25, -0.2) is 0 Å². The third-order valence-electron chi connectivity index (χ3n) is 4.92. The molecule has 1 unspecified atom stereocenters. The summed E-state index contributed by atoms with van der Waals surface area (Å²) in [6.07, 6.45) is 7.14. The lowest BCUT2D eigenvalue weighted by molar-refractivity contribution is -0.126. The Bertz CT molecular complexity index is 470. The number of rotatable bonds is 7. The van der Waals surface area contributed by atoms with E-state index in [9.17, 15) is 4.79 Å². The topological polar surface area (TPSA) is 32.3 Å². The Balaban J connectivity index is 1.37. The van der Waals surface area contributed by atoms with Crippen molar-refractivity contribution in [2.45, 2.75) is 38.5 Å². The van der Waals surface area contributed by atoms with Gasteiger partial charge in [0, 0.05) is 13.1 Å². The van der Waals surface area contributed by atoms with Gasteiger partial charge in [-0.05, 0) is 63.1 Å². The number of nitrogens with one attached hydrogen (secondary N) is 1. The number of carbonyl (C=O) groups is 1. The highest BCUT2D eigenvalue weighted by Gasteiger charge is 2.27. The fourth-order valence-electron chi connectivity index (χ4n) is 3.34. The third-order valence-corrected chi connectivity index (χ3v) is 4.92. The molecule has 1 aromatic carbocycles. The second kappa shape index (κ2) is 7.77. The molecule has 1 amide bonds. The summed E-state index contributed by atoms with van der Waals surface area (Å²) in [6.45, 7) is 4.12. The summed E-state index contributed by atoms with van der Waals surface area (Å²) in [7, 11) is 0. The molecule has 2 fully saturated rings. The first kappa shape index (κ1) is 15.5. The van der Waals surface area contributed by atoms with Crippen LogP contribution >= 0.6 is 0 Å². The zero-order chi connectivity index (χ0) is 15.2. The summed E-state index contributed by atoms with van der Waals surface area (Å²) in [5.41, 5.74) is 1.42. The number of benzene rings is 1. The van der Waals surface area contributed by atoms with Crippen molar-refractivity contribution >= 4 is 5.91 Å². The molecule has 0 spiro atoms. The van der Waals surface area contributed by atoms with E-state index >= 15 is 0 Å². The fourth-order valence-corrected chi connectivity index (χ4v) is 3.34. The minimum Gasteiger partial charge on any atom is -0.356 e. The van der Waals surface area contributed by atoms with E-state index in [0.29, 0.717) is 5.91 Å². The Morgan fingerprint density at radius 1 is 1.18 bits per heavy atom. The van der Waals surface area contributed by atoms with E-state index in [1.165, 1.54) is 24.8 Å². The molecular formula is C19H28N2O. The van der Waals surface area contributed by atoms with Crippen LogP contribution in [0.3, 0.4) is 0 Å². The van der Waals surface area contributed by atoms with Crippen LogP contribution < -0.4 is 5.32 Å². The van der Waals surface area contributed by atoms with Crippen LogP contribution in [0.15, 0.2) is 30.3 Å². The van der Waals surface area contributed by atoms with Crippen molar-refractivity contribution in [1.82, 2.24) is 10.2 Å². The van der Waals surface area contributed by atoms with Gasteiger partial charge in [0.25, 0.3) is 0 Å². The van der Waals surface area contributed by atoms with Gasteiger partial charge in [-0.1, -0.05) is 30.3 Å². The Morgan fingerprint density at radius 2 is 2.00 bits per heavy atom. The molecule has 1 atom stereocenters. The quantitative estimate of drug-likeness (QED) is 0.840. The van der Waals surface area contributed by atoms with Crippen molar-refractivity contribution in [3.8, 4) is 0 Å². The summed E-state index contributed by atoms with van der Waals surface area (Å²) < 4.78 is 0. The molecule has 0 bridgehead atoms. The van der Waals surface area contributed by atoms with Crippen molar-refractivity contribution in [1.29, 1.82) is 0 Å². The maximum atomic E-state index is 12.2. The van der Waals surface area contributed by atoms with Gasteiger partial charge in [0.15, 0.2) is 0 Å². The van der Waals surface area contributed by atoms with E-state index in [0.717, 1.165) is 51.4 Å². The molecule has 22 heavy (non-hydrogen) atoms. The number of amides is 1. The first-order valence-corrected chi connectivity index (χ1v) is 8.85. The van der Waals surface area contributed by atoms with Crippen molar-refractivity contribution in [2.24, 2.45) is 11.8 Å². The number of piperidine rings is 1. The monoisotopic (exact) mass is 300 g/mol. The molecule has 120 valence electrons. The van der Waals surface area contributed by atoms with E-state index in [2.05, 4.69) is 40.5 Å². The molecular weight excluding hydrogens is 272 g/mol. The van der Waals surface area contributed by atoms with Gasteiger partial charge in [0.1, 0.15) is 0 Å². The minimum atomic E-state index is 0.212. The number of hydrogen-bond acceptors (Lipinski definition) is 2. The lowest BCUT2D eigenvalue weighted by atomic mass is 9.96. The molecule has 3 heteroatoms. The van der Waals surface area contributed by atoms with Gasteiger partial charge < -0.3 is 10.2 Å². The number of carbonyl (C=O) groups excluding carboxylic acids is 1. The molecule has 3 rings (SSSR count).